The van der Waals surface area contributed by atoms with Crippen LogP contribution in [0.15, 0.2) is 24.3 Å². The molecule has 2 fully saturated rings. The Hall–Kier alpha value is -1.38. The van der Waals surface area contributed by atoms with Gasteiger partial charge in [0.1, 0.15) is 5.82 Å². The van der Waals surface area contributed by atoms with Crippen molar-refractivity contribution in [3.63, 3.8) is 0 Å². The monoisotopic (exact) mass is 275 g/mol. The average Bonchev–Trinajstić information content (AvgIpc) is 2.72. The summed E-state index contributed by atoms with van der Waals surface area (Å²) in [7, 11) is 0. The summed E-state index contributed by atoms with van der Waals surface area (Å²) >= 11 is 0. The topological polar surface area (TPSA) is 29.1 Å². The zero-order chi connectivity index (χ0) is 14.5. The molecule has 0 aliphatic heterocycles. The number of carbonyl (C=O) groups is 1. The van der Waals surface area contributed by atoms with E-state index in [2.05, 4.69) is 26.1 Å². The van der Waals surface area contributed by atoms with E-state index >= 15 is 0 Å². The predicted octanol–water partition coefficient (Wildman–Crippen LogP) is 3.77. The van der Waals surface area contributed by atoms with Crippen molar-refractivity contribution in [3.8, 4) is 0 Å². The molecule has 0 heterocycles. The van der Waals surface area contributed by atoms with Crippen LogP contribution in [-0.2, 0) is 0 Å². The van der Waals surface area contributed by atoms with E-state index in [1.54, 1.807) is 12.1 Å². The number of fused-ring (bicyclic) bond motifs is 2. The van der Waals surface area contributed by atoms with Crippen LogP contribution in [0.25, 0.3) is 0 Å². The standard InChI is InChI=1S/C17H22FNO/c1-16(2)12-8-9-17(16,3)14(10-12)19-15(20)11-4-6-13(18)7-5-11/h4-7,12,14H,8-10H2,1-3H3,(H,19,20)/t12-,14+,17-/m0/s1. The highest BCUT2D eigenvalue weighted by Crippen LogP contribution is 2.65. The Labute approximate surface area is 119 Å². The van der Waals surface area contributed by atoms with Gasteiger partial charge in [-0.1, -0.05) is 20.8 Å². The van der Waals surface area contributed by atoms with Gasteiger partial charge in [-0.3, -0.25) is 4.79 Å². The molecule has 108 valence electrons. The van der Waals surface area contributed by atoms with Crippen LogP contribution in [-0.4, -0.2) is 11.9 Å². The van der Waals surface area contributed by atoms with Crippen molar-refractivity contribution in [2.24, 2.45) is 16.7 Å². The fourth-order valence-corrected chi connectivity index (χ4v) is 4.26. The molecule has 2 bridgehead atoms. The number of amides is 1. The number of benzene rings is 1. The zero-order valence-electron chi connectivity index (χ0n) is 12.4. The Balaban J connectivity index is 1.76. The molecule has 3 rings (SSSR count). The fraction of sp³-hybridized carbons (Fsp3) is 0.588. The molecular formula is C17H22FNO. The van der Waals surface area contributed by atoms with Crippen molar-refractivity contribution in [1.82, 2.24) is 5.32 Å². The molecule has 0 radical (unpaired) electrons. The lowest BCUT2D eigenvalue weighted by Gasteiger charge is -2.39. The zero-order valence-corrected chi connectivity index (χ0v) is 12.4. The van der Waals surface area contributed by atoms with E-state index in [4.69, 9.17) is 0 Å². The number of hydrogen-bond acceptors (Lipinski definition) is 1. The van der Waals surface area contributed by atoms with Crippen molar-refractivity contribution >= 4 is 5.91 Å². The van der Waals surface area contributed by atoms with Crippen molar-refractivity contribution in [2.75, 3.05) is 0 Å². The Morgan fingerprint density at radius 1 is 1.25 bits per heavy atom. The predicted molar refractivity (Wildman–Crippen MR) is 76.9 cm³/mol. The van der Waals surface area contributed by atoms with E-state index in [1.807, 2.05) is 0 Å². The Morgan fingerprint density at radius 2 is 1.90 bits per heavy atom. The van der Waals surface area contributed by atoms with E-state index in [0.29, 0.717) is 11.5 Å². The second-order valence-electron chi connectivity index (χ2n) is 7.14. The number of carbonyl (C=O) groups excluding carboxylic acids is 1. The smallest absolute Gasteiger partial charge is 0.251 e. The van der Waals surface area contributed by atoms with Crippen LogP contribution < -0.4 is 5.32 Å². The maximum Gasteiger partial charge on any atom is 0.251 e. The molecule has 1 aromatic carbocycles. The lowest BCUT2D eigenvalue weighted by atomic mass is 9.69. The fourth-order valence-electron chi connectivity index (χ4n) is 4.26. The highest BCUT2D eigenvalue weighted by atomic mass is 19.1. The van der Waals surface area contributed by atoms with Gasteiger partial charge < -0.3 is 5.32 Å². The summed E-state index contributed by atoms with van der Waals surface area (Å²) < 4.78 is 12.9. The minimum atomic E-state index is -0.311. The first-order chi connectivity index (χ1) is 9.34. The largest absolute Gasteiger partial charge is 0.349 e. The van der Waals surface area contributed by atoms with Gasteiger partial charge in [-0.25, -0.2) is 4.39 Å². The average molecular weight is 275 g/mol. The van der Waals surface area contributed by atoms with Gasteiger partial charge >= 0.3 is 0 Å². The third-order valence-electron chi connectivity index (χ3n) is 6.21. The lowest BCUT2D eigenvalue weighted by Crippen LogP contribution is -2.46. The summed E-state index contributed by atoms with van der Waals surface area (Å²) in [5.74, 6) is 0.306. The van der Waals surface area contributed by atoms with Gasteiger partial charge in [-0.15, -0.1) is 0 Å². The molecule has 3 heteroatoms. The minimum absolute atomic E-state index is 0.0837. The minimum Gasteiger partial charge on any atom is -0.349 e. The summed E-state index contributed by atoms with van der Waals surface area (Å²) in [6.07, 6.45) is 3.52. The highest BCUT2D eigenvalue weighted by Gasteiger charge is 2.61. The molecule has 2 aliphatic rings. The van der Waals surface area contributed by atoms with Gasteiger partial charge in [0.05, 0.1) is 0 Å². The third-order valence-corrected chi connectivity index (χ3v) is 6.21. The number of nitrogens with one attached hydrogen (secondary N) is 1. The van der Waals surface area contributed by atoms with Gasteiger partial charge in [0.15, 0.2) is 0 Å². The van der Waals surface area contributed by atoms with Crippen LogP contribution in [0.4, 0.5) is 4.39 Å². The van der Waals surface area contributed by atoms with Crippen LogP contribution in [0.2, 0.25) is 0 Å². The Kier molecular flexibility index (Phi) is 2.93. The van der Waals surface area contributed by atoms with E-state index in [9.17, 15) is 9.18 Å². The van der Waals surface area contributed by atoms with Crippen LogP contribution >= 0.6 is 0 Å². The molecule has 0 saturated heterocycles. The van der Waals surface area contributed by atoms with Gasteiger partial charge in [0, 0.05) is 11.6 Å². The highest BCUT2D eigenvalue weighted by molar-refractivity contribution is 5.94. The van der Waals surface area contributed by atoms with Crippen LogP contribution in [0.3, 0.4) is 0 Å². The molecule has 2 saturated carbocycles. The normalized spacial score (nSPS) is 34.2. The van der Waals surface area contributed by atoms with Crippen molar-refractivity contribution < 1.29 is 9.18 Å². The van der Waals surface area contributed by atoms with Gasteiger partial charge in [-0.05, 0) is 60.3 Å². The first-order valence-corrected chi connectivity index (χ1v) is 7.41. The van der Waals surface area contributed by atoms with Crippen molar-refractivity contribution in [1.29, 1.82) is 0 Å². The van der Waals surface area contributed by atoms with E-state index in [1.165, 1.54) is 25.0 Å². The van der Waals surface area contributed by atoms with E-state index in [-0.39, 0.29) is 28.6 Å². The van der Waals surface area contributed by atoms with Crippen LogP contribution in [0.1, 0.15) is 50.4 Å². The summed E-state index contributed by atoms with van der Waals surface area (Å²) in [5, 5.41) is 3.18. The summed E-state index contributed by atoms with van der Waals surface area (Å²) in [6, 6.07) is 5.99. The second-order valence-corrected chi connectivity index (χ2v) is 7.14. The second kappa shape index (κ2) is 4.31. The molecule has 1 N–H and O–H groups in total. The van der Waals surface area contributed by atoms with Crippen LogP contribution in [0, 0.1) is 22.6 Å². The maximum absolute atomic E-state index is 12.9. The Morgan fingerprint density at radius 3 is 2.40 bits per heavy atom. The maximum atomic E-state index is 12.9. The molecule has 0 spiro atoms. The molecule has 0 unspecified atom stereocenters. The molecule has 2 nitrogen and oxygen atoms in total. The number of halogens is 1. The molecule has 1 aromatic rings. The quantitative estimate of drug-likeness (QED) is 0.874. The summed E-state index contributed by atoms with van der Waals surface area (Å²) in [4.78, 5) is 12.3. The van der Waals surface area contributed by atoms with Crippen molar-refractivity contribution in [3.05, 3.63) is 35.6 Å². The first kappa shape index (κ1) is 13.6. The first-order valence-electron chi connectivity index (χ1n) is 7.41. The summed E-state index contributed by atoms with van der Waals surface area (Å²) in [6.45, 7) is 6.96. The summed E-state index contributed by atoms with van der Waals surface area (Å²) in [5.41, 5.74) is 0.997. The van der Waals surface area contributed by atoms with Gasteiger partial charge in [0.2, 0.25) is 0 Å². The van der Waals surface area contributed by atoms with E-state index in [0.717, 1.165) is 6.42 Å². The molecule has 2 aliphatic carbocycles. The van der Waals surface area contributed by atoms with Gasteiger partial charge in [-0.2, -0.15) is 0 Å². The van der Waals surface area contributed by atoms with Crippen molar-refractivity contribution in [2.45, 2.75) is 46.1 Å². The molecule has 1 amide bonds. The molecule has 3 atom stereocenters. The van der Waals surface area contributed by atoms with Gasteiger partial charge in [0.25, 0.3) is 5.91 Å². The lowest BCUT2D eigenvalue weighted by molar-refractivity contribution is 0.0826. The molecular weight excluding hydrogens is 253 g/mol. The van der Waals surface area contributed by atoms with E-state index < -0.39 is 0 Å². The van der Waals surface area contributed by atoms with Crippen LogP contribution in [0.5, 0.6) is 0 Å². The third kappa shape index (κ3) is 1.79. The number of rotatable bonds is 2. The molecule has 20 heavy (non-hydrogen) atoms. The Bertz CT molecular complexity index is 536. The SMILES string of the molecule is CC1(C)[C@H]2CC[C@@]1(C)[C@H](NC(=O)c1ccc(F)cc1)C2. The number of hydrogen-bond donors (Lipinski definition) is 1. The molecule has 0 aromatic heterocycles.